The standard InChI is InChI=1S/C29H36FN3O/c30-25-11-8-21(9-12-25)28-26-13-10-22(20-5-2-1-3-6-20)17-23(26)14-16-33(28)29-32-19-27(34-29)24-7-4-15-31-18-24/h8-13,17,20,24,27-28,31H,1-7,14-16,18-19H2/t24-,27-,28-/m0/s1. The first-order chi connectivity index (χ1) is 16.8. The Bertz CT molecular complexity index is 1020. The zero-order valence-corrected chi connectivity index (χ0v) is 20.0. The Labute approximate surface area is 202 Å². The highest BCUT2D eigenvalue weighted by Crippen LogP contribution is 2.40. The van der Waals surface area contributed by atoms with Crippen molar-refractivity contribution in [2.75, 3.05) is 26.2 Å². The van der Waals surface area contributed by atoms with Gasteiger partial charge in [-0.3, -0.25) is 0 Å². The number of hydrogen-bond donors (Lipinski definition) is 1. The molecule has 4 nitrogen and oxygen atoms in total. The van der Waals surface area contributed by atoms with Crippen LogP contribution in [0.15, 0.2) is 47.5 Å². The average Bonchev–Trinajstić information content (AvgIpc) is 3.40. The van der Waals surface area contributed by atoms with Crippen molar-refractivity contribution in [1.29, 1.82) is 0 Å². The largest absolute Gasteiger partial charge is 0.460 e. The number of aliphatic imine (C=N–C) groups is 1. The van der Waals surface area contributed by atoms with Crippen molar-refractivity contribution in [3.05, 3.63) is 70.5 Å². The van der Waals surface area contributed by atoms with E-state index in [0.29, 0.717) is 11.8 Å². The Hall–Kier alpha value is -2.40. The molecule has 5 heteroatoms. The topological polar surface area (TPSA) is 36.9 Å². The summed E-state index contributed by atoms with van der Waals surface area (Å²) >= 11 is 0. The maximum absolute atomic E-state index is 13.8. The quantitative estimate of drug-likeness (QED) is 0.649. The summed E-state index contributed by atoms with van der Waals surface area (Å²) in [6.07, 6.45) is 10.3. The van der Waals surface area contributed by atoms with E-state index in [1.165, 1.54) is 61.6 Å². The van der Waals surface area contributed by atoms with Gasteiger partial charge < -0.3 is 15.0 Å². The lowest BCUT2D eigenvalue weighted by atomic mass is 9.80. The Morgan fingerprint density at radius 1 is 0.941 bits per heavy atom. The van der Waals surface area contributed by atoms with Gasteiger partial charge >= 0.3 is 0 Å². The van der Waals surface area contributed by atoms with Crippen molar-refractivity contribution in [2.24, 2.45) is 10.9 Å². The van der Waals surface area contributed by atoms with Crippen molar-refractivity contribution >= 4 is 6.02 Å². The van der Waals surface area contributed by atoms with E-state index >= 15 is 0 Å². The zero-order valence-electron chi connectivity index (χ0n) is 20.0. The van der Waals surface area contributed by atoms with E-state index in [0.717, 1.165) is 44.2 Å². The van der Waals surface area contributed by atoms with Crippen LogP contribution in [0.5, 0.6) is 0 Å². The van der Waals surface area contributed by atoms with E-state index in [1.54, 1.807) is 12.1 Å². The number of fused-ring (bicyclic) bond motifs is 1. The normalized spacial score (nSPS) is 27.7. The first kappa shape index (κ1) is 22.1. The molecular formula is C29H36FN3O. The molecule has 3 heterocycles. The number of piperidine rings is 1. The molecule has 2 fully saturated rings. The second kappa shape index (κ2) is 9.69. The molecular weight excluding hydrogens is 425 g/mol. The van der Waals surface area contributed by atoms with Crippen molar-refractivity contribution < 1.29 is 9.13 Å². The molecule has 0 unspecified atom stereocenters. The molecule has 2 aromatic rings. The molecule has 1 saturated heterocycles. The van der Waals surface area contributed by atoms with Crippen molar-refractivity contribution in [3.63, 3.8) is 0 Å². The molecule has 4 aliphatic rings. The van der Waals surface area contributed by atoms with Gasteiger partial charge in [-0.25, -0.2) is 9.38 Å². The van der Waals surface area contributed by atoms with Crippen molar-refractivity contribution in [1.82, 2.24) is 10.2 Å². The van der Waals surface area contributed by atoms with E-state index in [2.05, 4.69) is 28.4 Å². The van der Waals surface area contributed by atoms with E-state index in [1.807, 2.05) is 12.1 Å². The molecule has 34 heavy (non-hydrogen) atoms. The number of ether oxygens (including phenoxy) is 1. The van der Waals surface area contributed by atoms with Crippen LogP contribution in [0.4, 0.5) is 4.39 Å². The predicted molar refractivity (Wildman–Crippen MR) is 134 cm³/mol. The summed E-state index contributed by atoms with van der Waals surface area (Å²) in [6.45, 7) is 3.73. The van der Waals surface area contributed by atoms with Crippen LogP contribution in [0.1, 0.15) is 79.2 Å². The van der Waals surface area contributed by atoms with Gasteiger partial charge in [0.15, 0.2) is 0 Å². The van der Waals surface area contributed by atoms with E-state index in [4.69, 9.17) is 9.73 Å². The molecule has 0 radical (unpaired) electrons. The molecule has 1 aliphatic carbocycles. The third-order valence-electron chi connectivity index (χ3n) is 8.43. The molecule has 1 N–H and O–H groups in total. The number of benzene rings is 2. The van der Waals surface area contributed by atoms with Crippen LogP contribution < -0.4 is 5.32 Å². The Balaban J connectivity index is 1.29. The molecule has 0 bridgehead atoms. The minimum absolute atomic E-state index is 0.00624. The van der Waals surface area contributed by atoms with Crippen molar-refractivity contribution in [3.8, 4) is 0 Å². The average molecular weight is 462 g/mol. The van der Waals surface area contributed by atoms with Gasteiger partial charge in [-0.15, -0.1) is 0 Å². The molecule has 180 valence electrons. The third kappa shape index (κ3) is 4.35. The van der Waals surface area contributed by atoms with E-state index < -0.39 is 0 Å². The number of rotatable bonds is 3. The first-order valence-corrected chi connectivity index (χ1v) is 13.3. The lowest BCUT2D eigenvalue weighted by Gasteiger charge is -2.39. The highest BCUT2D eigenvalue weighted by Gasteiger charge is 2.37. The number of nitrogens with one attached hydrogen (secondary N) is 1. The maximum atomic E-state index is 13.8. The number of halogens is 1. The van der Waals surface area contributed by atoms with Gasteiger partial charge in [-0.2, -0.15) is 0 Å². The molecule has 0 aromatic heterocycles. The van der Waals surface area contributed by atoms with Crippen LogP contribution in [0.3, 0.4) is 0 Å². The van der Waals surface area contributed by atoms with Gasteiger partial charge in [0.2, 0.25) is 0 Å². The van der Waals surface area contributed by atoms with Gasteiger partial charge in [0, 0.05) is 19.0 Å². The Morgan fingerprint density at radius 3 is 2.56 bits per heavy atom. The first-order valence-electron chi connectivity index (χ1n) is 13.3. The molecule has 6 rings (SSSR count). The van der Waals surface area contributed by atoms with Crippen LogP contribution in [-0.2, 0) is 11.2 Å². The summed E-state index contributed by atoms with van der Waals surface area (Å²) in [5.74, 6) is 1.03. The minimum atomic E-state index is -0.196. The van der Waals surface area contributed by atoms with Gasteiger partial charge in [-0.1, -0.05) is 49.6 Å². The lowest BCUT2D eigenvalue weighted by Crippen LogP contribution is -2.43. The Morgan fingerprint density at radius 2 is 1.76 bits per heavy atom. The molecule has 1 saturated carbocycles. The molecule has 0 amide bonds. The second-order valence-electron chi connectivity index (χ2n) is 10.6. The summed E-state index contributed by atoms with van der Waals surface area (Å²) in [6, 6.07) is 14.9. The Kier molecular flexibility index (Phi) is 6.30. The lowest BCUT2D eigenvalue weighted by molar-refractivity contribution is 0.104. The third-order valence-corrected chi connectivity index (χ3v) is 8.43. The van der Waals surface area contributed by atoms with Crippen LogP contribution >= 0.6 is 0 Å². The summed E-state index contributed by atoms with van der Waals surface area (Å²) in [4.78, 5) is 7.22. The SMILES string of the molecule is Fc1ccc([C@H]2c3ccc(C4CCCCC4)cc3CCN2C2=NC[C@@H]([C@H]3CCCNC3)O2)cc1. The summed E-state index contributed by atoms with van der Waals surface area (Å²) in [5, 5.41) is 3.51. The highest BCUT2D eigenvalue weighted by atomic mass is 19.1. The van der Waals surface area contributed by atoms with Crippen LogP contribution in [0.25, 0.3) is 0 Å². The number of hydrogen-bond acceptors (Lipinski definition) is 4. The minimum Gasteiger partial charge on any atom is -0.460 e. The van der Waals surface area contributed by atoms with E-state index in [9.17, 15) is 4.39 Å². The van der Waals surface area contributed by atoms with Gasteiger partial charge in [0.1, 0.15) is 11.9 Å². The molecule has 0 spiro atoms. The zero-order chi connectivity index (χ0) is 22.9. The molecule has 3 atom stereocenters. The summed E-state index contributed by atoms with van der Waals surface area (Å²) < 4.78 is 20.3. The summed E-state index contributed by atoms with van der Waals surface area (Å²) in [7, 11) is 0. The molecule has 3 aliphatic heterocycles. The second-order valence-corrected chi connectivity index (χ2v) is 10.6. The highest BCUT2D eigenvalue weighted by molar-refractivity contribution is 5.77. The number of nitrogens with zero attached hydrogens (tertiary/aromatic N) is 2. The number of amidine groups is 1. The van der Waals surface area contributed by atoms with Gasteiger partial charge in [0.05, 0.1) is 12.6 Å². The van der Waals surface area contributed by atoms with Gasteiger partial charge in [-0.05, 0) is 79.0 Å². The van der Waals surface area contributed by atoms with Crippen LogP contribution in [0, 0.1) is 11.7 Å². The summed E-state index contributed by atoms with van der Waals surface area (Å²) in [5.41, 5.74) is 5.35. The van der Waals surface area contributed by atoms with Gasteiger partial charge in [0.25, 0.3) is 6.02 Å². The predicted octanol–water partition coefficient (Wildman–Crippen LogP) is 5.58. The smallest absolute Gasteiger partial charge is 0.288 e. The van der Waals surface area contributed by atoms with Crippen LogP contribution in [-0.4, -0.2) is 43.2 Å². The monoisotopic (exact) mass is 461 g/mol. The molecule has 2 aromatic carbocycles. The fourth-order valence-electron chi connectivity index (χ4n) is 6.53. The maximum Gasteiger partial charge on any atom is 0.288 e. The van der Waals surface area contributed by atoms with Crippen LogP contribution in [0.2, 0.25) is 0 Å². The fourth-order valence-corrected chi connectivity index (χ4v) is 6.53. The van der Waals surface area contributed by atoms with E-state index in [-0.39, 0.29) is 18.0 Å². The van der Waals surface area contributed by atoms with Crippen molar-refractivity contribution in [2.45, 2.75) is 69.4 Å². The fraction of sp³-hybridized carbons (Fsp3) is 0.552.